The Morgan fingerprint density at radius 2 is 1.96 bits per heavy atom. The van der Waals surface area contributed by atoms with Gasteiger partial charge in [0.2, 0.25) is 5.91 Å². The van der Waals surface area contributed by atoms with Crippen molar-refractivity contribution in [1.29, 1.82) is 0 Å². The first-order valence-electron chi connectivity index (χ1n) is 9.09. The first kappa shape index (κ1) is 16.8. The summed E-state index contributed by atoms with van der Waals surface area (Å²) in [5.74, 6) is 0.329. The van der Waals surface area contributed by atoms with Crippen molar-refractivity contribution in [2.24, 2.45) is 5.92 Å². The molecule has 1 unspecified atom stereocenters. The van der Waals surface area contributed by atoms with Crippen LogP contribution in [-0.4, -0.2) is 32.7 Å². The zero-order valence-corrected chi connectivity index (χ0v) is 14.6. The lowest BCUT2D eigenvalue weighted by molar-refractivity contribution is -0.123. The van der Waals surface area contributed by atoms with Crippen LogP contribution in [-0.2, 0) is 17.8 Å². The molecule has 0 saturated heterocycles. The third-order valence-corrected chi connectivity index (χ3v) is 5.26. The molecule has 2 heterocycles. The summed E-state index contributed by atoms with van der Waals surface area (Å²) < 4.78 is 1.98. The van der Waals surface area contributed by atoms with E-state index in [4.69, 9.17) is 0 Å². The van der Waals surface area contributed by atoms with Crippen LogP contribution in [0.3, 0.4) is 0 Å². The topological polar surface area (TPSA) is 67.2 Å². The third kappa shape index (κ3) is 3.63. The standard InChI is InChI=1S/C21H23N3O2/c25-18-12-17(13-18)19(11-15-5-8-22-9-6-15)23-21(26)14-24-10-7-16-3-1-2-4-20(16)24/h1-10,17-19,25H,11-14H2,(H,23,26). The van der Waals surface area contributed by atoms with Gasteiger partial charge in [0.15, 0.2) is 0 Å². The fourth-order valence-corrected chi connectivity index (χ4v) is 3.75. The lowest BCUT2D eigenvalue weighted by Crippen LogP contribution is -2.49. The normalized spacial score (nSPS) is 20.5. The van der Waals surface area contributed by atoms with Crippen molar-refractivity contribution in [2.45, 2.75) is 38.0 Å². The first-order chi connectivity index (χ1) is 12.7. The van der Waals surface area contributed by atoms with Gasteiger partial charge in [-0.2, -0.15) is 0 Å². The number of pyridine rings is 1. The average Bonchev–Trinajstić information content (AvgIpc) is 3.02. The van der Waals surface area contributed by atoms with E-state index in [-0.39, 0.29) is 18.1 Å². The minimum atomic E-state index is -0.231. The maximum atomic E-state index is 12.7. The van der Waals surface area contributed by atoms with E-state index < -0.39 is 0 Å². The van der Waals surface area contributed by atoms with Crippen molar-refractivity contribution >= 4 is 16.8 Å². The van der Waals surface area contributed by atoms with E-state index in [9.17, 15) is 9.90 Å². The summed E-state index contributed by atoms with van der Waals surface area (Å²) in [6.07, 6.45) is 7.54. The summed E-state index contributed by atoms with van der Waals surface area (Å²) in [5.41, 5.74) is 2.21. The minimum Gasteiger partial charge on any atom is -0.393 e. The summed E-state index contributed by atoms with van der Waals surface area (Å²) in [7, 11) is 0. The van der Waals surface area contributed by atoms with Gasteiger partial charge >= 0.3 is 0 Å². The zero-order valence-electron chi connectivity index (χ0n) is 14.6. The van der Waals surface area contributed by atoms with Crippen LogP contribution < -0.4 is 5.32 Å². The molecule has 0 spiro atoms. The van der Waals surface area contributed by atoms with Crippen molar-refractivity contribution in [3.63, 3.8) is 0 Å². The van der Waals surface area contributed by atoms with Crippen LogP contribution in [0.15, 0.2) is 61.1 Å². The number of benzene rings is 1. The number of nitrogens with zero attached hydrogens (tertiary/aromatic N) is 2. The molecule has 0 aliphatic heterocycles. The highest BCUT2D eigenvalue weighted by Crippen LogP contribution is 2.31. The van der Waals surface area contributed by atoms with Gasteiger partial charge in [-0.15, -0.1) is 0 Å². The largest absolute Gasteiger partial charge is 0.393 e. The van der Waals surface area contributed by atoms with Crippen LogP contribution in [0.5, 0.6) is 0 Å². The summed E-state index contributed by atoms with van der Waals surface area (Å²) in [5, 5.41) is 14.0. The smallest absolute Gasteiger partial charge is 0.240 e. The Labute approximate surface area is 152 Å². The maximum Gasteiger partial charge on any atom is 0.240 e. The van der Waals surface area contributed by atoms with E-state index in [1.165, 1.54) is 0 Å². The van der Waals surface area contributed by atoms with Crippen LogP contribution in [0, 0.1) is 5.92 Å². The second kappa shape index (κ2) is 7.30. The maximum absolute atomic E-state index is 12.7. The number of hydrogen-bond acceptors (Lipinski definition) is 3. The van der Waals surface area contributed by atoms with E-state index in [1.54, 1.807) is 12.4 Å². The number of aliphatic hydroxyl groups excluding tert-OH is 1. The molecule has 1 fully saturated rings. The molecule has 4 rings (SSSR count). The number of carbonyl (C=O) groups is 1. The van der Waals surface area contributed by atoms with Gasteiger partial charge < -0.3 is 15.0 Å². The van der Waals surface area contributed by atoms with Gasteiger partial charge in [0.25, 0.3) is 0 Å². The van der Waals surface area contributed by atoms with Crippen molar-refractivity contribution in [3.05, 3.63) is 66.6 Å². The van der Waals surface area contributed by atoms with E-state index in [1.807, 2.05) is 53.2 Å². The number of carbonyl (C=O) groups excluding carboxylic acids is 1. The van der Waals surface area contributed by atoms with Gasteiger partial charge in [-0.25, -0.2) is 0 Å². The molecule has 1 aromatic carbocycles. The second-order valence-corrected chi connectivity index (χ2v) is 7.12. The van der Waals surface area contributed by atoms with Crippen molar-refractivity contribution in [1.82, 2.24) is 14.9 Å². The number of aromatic nitrogens is 2. The Balaban J connectivity index is 1.45. The van der Waals surface area contributed by atoms with Gasteiger partial charge in [-0.1, -0.05) is 18.2 Å². The highest BCUT2D eigenvalue weighted by Gasteiger charge is 2.34. The zero-order chi connectivity index (χ0) is 17.9. The van der Waals surface area contributed by atoms with Gasteiger partial charge in [-0.05, 0) is 60.4 Å². The highest BCUT2D eigenvalue weighted by atomic mass is 16.3. The van der Waals surface area contributed by atoms with E-state index in [0.29, 0.717) is 12.5 Å². The van der Waals surface area contributed by atoms with E-state index in [0.717, 1.165) is 35.7 Å². The molecular formula is C21H23N3O2. The first-order valence-corrected chi connectivity index (χ1v) is 9.09. The summed E-state index contributed by atoms with van der Waals surface area (Å²) in [4.78, 5) is 16.7. The number of para-hydroxylation sites is 1. The number of aliphatic hydroxyl groups is 1. The fourth-order valence-electron chi connectivity index (χ4n) is 3.75. The Kier molecular flexibility index (Phi) is 4.71. The van der Waals surface area contributed by atoms with Crippen LogP contribution in [0.25, 0.3) is 10.9 Å². The predicted octanol–water partition coefficient (Wildman–Crippen LogP) is 2.53. The highest BCUT2D eigenvalue weighted by molar-refractivity contribution is 5.83. The Hall–Kier alpha value is -2.66. The SMILES string of the molecule is O=C(Cn1ccc2ccccc21)NC(Cc1ccncc1)C1CC(O)C1. The molecule has 2 N–H and O–H groups in total. The van der Waals surface area contributed by atoms with Crippen molar-refractivity contribution in [3.8, 4) is 0 Å². The fraction of sp³-hybridized carbons (Fsp3) is 0.333. The van der Waals surface area contributed by atoms with Crippen molar-refractivity contribution in [2.75, 3.05) is 0 Å². The molecule has 5 nitrogen and oxygen atoms in total. The molecule has 5 heteroatoms. The van der Waals surface area contributed by atoms with Crippen LogP contribution in [0.2, 0.25) is 0 Å². The van der Waals surface area contributed by atoms with E-state index in [2.05, 4.69) is 10.3 Å². The van der Waals surface area contributed by atoms with Gasteiger partial charge in [-0.3, -0.25) is 9.78 Å². The summed E-state index contributed by atoms with van der Waals surface area (Å²) in [6, 6.07) is 14.1. The lowest BCUT2D eigenvalue weighted by Gasteiger charge is -2.38. The molecule has 1 amide bonds. The molecule has 0 bridgehead atoms. The Morgan fingerprint density at radius 3 is 2.73 bits per heavy atom. The van der Waals surface area contributed by atoms with Gasteiger partial charge in [0.05, 0.1) is 6.10 Å². The molecular weight excluding hydrogens is 326 g/mol. The van der Waals surface area contributed by atoms with Crippen LogP contribution >= 0.6 is 0 Å². The van der Waals surface area contributed by atoms with Gasteiger partial charge in [0.1, 0.15) is 6.54 Å². The quantitative estimate of drug-likeness (QED) is 0.719. The molecule has 1 aliphatic carbocycles. The molecule has 1 aliphatic rings. The Bertz CT molecular complexity index is 884. The molecule has 1 atom stereocenters. The number of rotatable bonds is 6. The molecule has 26 heavy (non-hydrogen) atoms. The second-order valence-electron chi connectivity index (χ2n) is 7.12. The van der Waals surface area contributed by atoms with Gasteiger partial charge in [0, 0.05) is 30.1 Å². The van der Waals surface area contributed by atoms with Crippen LogP contribution in [0.1, 0.15) is 18.4 Å². The number of nitrogens with one attached hydrogen (secondary N) is 1. The summed E-state index contributed by atoms with van der Waals surface area (Å²) in [6.45, 7) is 0.301. The Morgan fingerprint density at radius 1 is 1.19 bits per heavy atom. The molecule has 134 valence electrons. The number of hydrogen-bond donors (Lipinski definition) is 2. The number of amides is 1. The lowest BCUT2D eigenvalue weighted by atomic mass is 9.75. The monoisotopic (exact) mass is 349 g/mol. The minimum absolute atomic E-state index is 0.00630. The number of fused-ring (bicyclic) bond motifs is 1. The molecule has 1 saturated carbocycles. The molecule has 0 radical (unpaired) electrons. The van der Waals surface area contributed by atoms with Crippen molar-refractivity contribution < 1.29 is 9.90 Å². The average molecular weight is 349 g/mol. The van der Waals surface area contributed by atoms with E-state index >= 15 is 0 Å². The predicted molar refractivity (Wildman–Crippen MR) is 101 cm³/mol. The molecule has 2 aromatic heterocycles. The summed E-state index contributed by atoms with van der Waals surface area (Å²) >= 11 is 0. The molecule has 3 aromatic rings. The third-order valence-electron chi connectivity index (χ3n) is 5.26. The van der Waals surface area contributed by atoms with Crippen LogP contribution in [0.4, 0.5) is 0 Å².